The van der Waals surface area contributed by atoms with Crippen LogP contribution in [0.5, 0.6) is 0 Å². The second-order valence-electron chi connectivity index (χ2n) is 5.39. The van der Waals surface area contributed by atoms with Crippen LogP contribution >= 0.6 is 0 Å². The van der Waals surface area contributed by atoms with Gasteiger partial charge in [0.1, 0.15) is 5.78 Å². The van der Waals surface area contributed by atoms with Crippen LogP contribution in [0.3, 0.4) is 0 Å². The number of hydrogen-bond donors (Lipinski definition) is 1. The molecular formula is C13H23NO. The average Bonchev–Trinajstić information content (AvgIpc) is 2.16. The molecule has 2 aliphatic heterocycles. The first kappa shape index (κ1) is 11.1. The number of rotatable bonds is 4. The van der Waals surface area contributed by atoms with E-state index >= 15 is 0 Å². The predicted molar refractivity (Wildman–Crippen MR) is 61.9 cm³/mol. The van der Waals surface area contributed by atoms with Crippen molar-refractivity contribution in [3.8, 4) is 0 Å². The van der Waals surface area contributed by atoms with Crippen molar-refractivity contribution in [2.45, 2.75) is 76.3 Å². The SMILES string of the molecule is CCCCC[C@]12CCC[C@H](CC(=O)C1)N2. The molecule has 2 bridgehead atoms. The zero-order valence-corrected chi connectivity index (χ0v) is 9.85. The molecule has 0 amide bonds. The lowest BCUT2D eigenvalue weighted by molar-refractivity contribution is -0.124. The molecular weight excluding hydrogens is 186 g/mol. The van der Waals surface area contributed by atoms with Gasteiger partial charge in [0.05, 0.1) is 0 Å². The Morgan fingerprint density at radius 3 is 3.13 bits per heavy atom. The Balaban J connectivity index is 1.94. The summed E-state index contributed by atoms with van der Waals surface area (Å²) >= 11 is 0. The molecule has 2 nitrogen and oxygen atoms in total. The van der Waals surface area contributed by atoms with E-state index in [-0.39, 0.29) is 5.54 Å². The number of ketones is 1. The summed E-state index contributed by atoms with van der Waals surface area (Å²) in [5, 5.41) is 3.73. The van der Waals surface area contributed by atoms with Gasteiger partial charge in [-0.1, -0.05) is 32.6 Å². The van der Waals surface area contributed by atoms with Gasteiger partial charge in [-0.25, -0.2) is 0 Å². The molecule has 2 atom stereocenters. The van der Waals surface area contributed by atoms with Crippen LogP contribution in [-0.2, 0) is 4.79 Å². The number of nitrogens with one attached hydrogen (secondary N) is 1. The van der Waals surface area contributed by atoms with Crippen molar-refractivity contribution in [2.75, 3.05) is 0 Å². The number of hydrogen-bond acceptors (Lipinski definition) is 2. The largest absolute Gasteiger partial charge is 0.308 e. The Bertz CT molecular complexity index is 239. The maximum Gasteiger partial charge on any atom is 0.136 e. The van der Waals surface area contributed by atoms with Crippen molar-refractivity contribution in [3.05, 3.63) is 0 Å². The summed E-state index contributed by atoms with van der Waals surface area (Å²) in [6.07, 6.45) is 10.4. The maximum atomic E-state index is 11.7. The second-order valence-corrected chi connectivity index (χ2v) is 5.39. The molecule has 86 valence electrons. The standard InChI is InChI=1S/C13H23NO/c1-2-3-4-7-13-8-5-6-11(14-13)9-12(15)10-13/h11,14H,2-10H2,1H3/t11-,13+/m1/s1. The van der Waals surface area contributed by atoms with E-state index in [1.54, 1.807) is 0 Å². The van der Waals surface area contributed by atoms with E-state index in [0.717, 1.165) is 12.8 Å². The smallest absolute Gasteiger partial charge is 0.136 e. The Morgan fingerprint density at radius 1 is 1.47 bits per heavy atom. The van der Waals surface area contributed by atoms with Gasteiger partial charge in [0, 0.05) is 24.4 Å². The van der Waals surface area contributed by atoms with Gasteiger partial charge in [-0.2, -0.15) is 0 Å². The number of carbonyl (C=O) groups excluding carboxylic acids is 1. The third-order valence-corrected chi connectivity index (χ3v) is 3.99. The summed E-state index contributed by atoms with van der Waals surface area (Å²) in [5.74, 6) is 0.495. The highest BCUT2D eigenvalue weighted by atomic mass is 16.1. The first-order chi connectivity index (χ1) is 7.24. The molecule has 0 spiro atoms. The molecule has 1 N–H and O–H groups in total. The fraction of sp³-hybridized carbons (Fsp3) is 0.923. The average molecular weight is 209 g/mol. The van der Waals surface area contributed by atoms with Gasteiger partial charge in [-0.15, -0.1) is 0 Å². The molecule has 0 aliphatic carbocycles. The minimum Gasteiger partial charge on any atom is -0.308 e. The van der Waals surface area contributed by atoms with Crippen LogP contribution < -0.4 is 5.32 Å². The van der Waals surface area contributed by atoms with E-state index in [4.69, 9.17) is 0 Å². The molecule has 2 rings (SSSR count). The van der Waals surface area contributed by atoms with Crippen LogP contribution in [-0.4, -0.2) is 17.4 Å². The zero-order chi connectivity index (χ0) is 10.7. The molecule has 2 heterocycles. The van der Waals surface area contributed by atoms with Gasteiger partial charge in [0.2, 0.25) is 0 Å². The molecule has 0 aromatic rings. The second kappa shape index (κ2) is 4.65. The molecule has 0 radical (unpaired) electrons. The summed E-state index contributed by atoms with van der Waals surface area (Å²) in [6, 6.07) is 0.502. The van der Waals surface area contributed by atoms with Crippen LogP contribution in [0, 0.1) is 0 Å². The van der Waals surface area contributed by atoms with Crippen molar-refractivity contribution < 1.29 is 4.79 Å². The normalized spacial score (nSPS) is 35.5. The number of carbonyl (C=O) groups is 1. The van der Waals surface area contributed by atoms with Crippen LogP contribution in [0.2, 0.25) is 0 Å². The first-order valence-electron chi connectivity index (χ1n) is 6.53. The third kappa shape index (κ3) is 2.60. The van der Waals surface area contributed by atoms with Gasteiger partial charge in [-0.3, -0.25) is 4.79 Å². The quantitative estimate of drug-likeness (QED) is 0.721. The molecule has 15 heavy (non-hydrogen) atoms. The van der Waals surface area contributed by atoms with Crippen LogP contribution in [0.25, 0.3) is 0 Å². The van der Waals surface area contributed by atoms with Crippen molar-refractivity contribution in [1.29, 1.82) is 0 Å². The highest BCUT2D eigenvalue weighted by Crippen LogP contribution is 2.35. The fourth-order valence-corrected chi connectivity index (χ4v) is 3.28. The Morgan fingerprint density at radius 2 is 2.33 bits per heavy atom. The Kier molecular flexibility index (Phi) is 3.45. The molecule has 2 heteroatoms. The summed E-state index contributed by atoms with van der Waals surface area (Å²) in [4.78, 5) is 11.7. The predicted octanol–water partition coefficient (Wildman–Crippen LogP) is 2.81. The lowest BCUT2D eigenvalue weighted by Gasteiger charge is -2.46. The van der Waals surface area contributed by atoms with Gasteiger partial charge >= 0.3 is 0 Å². The van der Waals surface area contributed by atoms with E-state index in [2.05, 4.69) is 12.2 Å². The van der Waals surface area contributed by atoms with Crippen molar-refractivity contribution >= 4 is 5.78 Å². The number of fused-ring (bicyclic) bond motifs is 2. The highest BCUT2D eigenvalue weighted by molar-refractivity contribution is 5.81. The van der Waals surface area contributed by atoms with Gasteiger partial charge in [0.25, 0.3) is 0 Å². The van der Waals surface area contributed by atoms with Gasteiger partial charge in [0.15, 0.2) is 0 Å². The lowest BCUT2D eigenvalue weighted by atomic mass is 9.73. The minimum atomic E-state index is 0.202. The zero-order valence-electron chi connectivity index (χ0n) is 9.85. The lowest BCUT2D eigenvalue weighted by Crippen LogP contribution is -2.58. The van der Waals surface area contributed by atoms with E-state index in [0.29, 0.717) is 11.8 Å². The van der Waals surface area contributed by atoms with Crippen LogP contribution in [0.1, 0.15) is 64.7 Å². The van der Waals surface area contributed by atoms with E-state index in [9.17, 15) is 4.79 Å². The van der Waals surface area contributed by atoms with E-state index in [1.807, 2.05) is 0 Å². The van der Waals surface area contributed by atoms with Crippen molar-refractivity contribution in [3.63, 3.8) is 0 Å². The van der Waals surface area contributed by atoms with Crippen LogP contribution in [0.15, 0.2) is 0 Å². The maximum absolute atomic E-state index is 11.7. The summed E-state index contributed by atoms with van der Waals surface area (Å²) < 4.78 is 0. The van der Waals surface area contributed by atoms with Crippen molar-refractivity contribution in [1.82, 2.24) is 5.32 Å². The summed E-state index contributed by atoms with van der Waals surface area (Å²) in [7, 11) is 0. The molecule has 0 aromatic carbocycles. The molecule has 0 unspecified atom stereocenters. The molecule has 0 saturated carbocycles. The number of piperidine rings is 2. The first-order valence-corrected chi connectivity index (χ1v) is 6.53. The summed E-state index contributed by atoms with van der Waals surface area (Å²) in [5.41, 5.74) is 0.202. The summed E-state index contributed by atoms with van der Waals surface area (Å²) in [6.45, 7) is 2.24. The van der Waals surface area contributed by atoms with Gasteiger partial charge in [-0.05, 0) is 19.3 Å². The number of Topliss-reactive ketones (excluding diaryl/α,β-unsaturated/α-hetero) is 1. The molecule has 2 fully saturated rings. The Hall–Kier alpha value is -0.370. The fourth-order valence-electron chi connectivity index (χ4n) is 3.28. The van der Waals surface area contributed by atoms with Gasteiger partial charge < -0.3 is 5.32 Å². The van der Waals surface area contributed by atoms with Crippen LogP contribution in [0.4, 0.5) is 0 Å². The monoisotopic (exact) mass is 209 g/mol. The topological polar surface area (TPSA) is 29.1 Å². The minimum absolute atomic E-state index is 0.202. The molecule has 0 aromatic heterocycles. The third-order valence-electron chi connectivity index (χ3n) is 3.99. The van der Waals surface area contributed by atoms with Crippen molar-refractivity contribution in [2.24, 2.45) is 0 Å². The Labute approximate surface area is 92.8 Å². The van der Waals surface area contributed by atoms with E-state index < -0.39 is 0 Å². The molecule has 2 saturated heterocycles. The number of unbranched alkanes of at least 4 members (excludes halogenated alkanes) is 2. The molecule has 2 aliphatic rings. The highest BCUT2D eigenvalue weighted by Gasteiger charge is 2.41. The van der Waals surface area contributed by atoms with E-state index in [1.165, 1.54) is 44.9 Å².